The number of anilines is 1. The summed E-state index contributed by atoms with van der Waals surface area (Å²) >= 11 is 0. The molecule has 144 valence electrons. The quantitative estimate of drug-likeness (QED) is 0.857. The number of aromatic carboxylic acids is 1. The first-order valence-corrected chi connectivity index (χ1v) is 8.34. The van der Waals surface area contributed by atoms with Crippen LogP contribution in [0.3, 0.4) is 0 Å². The Labute approximate surface area is 153 Å². The summed E-state index contributed by atoms with van der Waals surface area (Å²) < 4.78 is 44.8. The smallest absolute Gasteiger partial charge is 0.416 e. The molecule has 0 radical (unpaired) electrons. The van der Waals surface area contributed by atoms with Crippen LogP contribution in [0.1, 0.15) is 33.7 Å². The molecule has 1 aromatic carbocycles. The van der Waals surface area contributed by atoms with Crippen molar-refractivity contribution in [2.75, 3.05) is 18.0 Å². The molecule has 0 bridgehead atoms. The third-order valence-electron chi connectivity index (χ3n) is 4.29. The Kier molecular flexibility index (Phi) is 5.31. The van der Waals surface area contributed by atoms with Crippen molar-refractivity contribution in [1.82, 2.24) is 9.97 Å². The third kappa shape index (κ3) is 4.54. The molecule has 27 heavy (non-hydrogen) atoms. The van der Waals surface area contributed by atoms with Crippen LogP contribution < -0.4 is 4.90 Å². The number of ether oxygens (including phenoxy) is 1. The van der Waals surface area contributed by atoms with Gasteiger partial charge in [0, 0.05) is 18.8 Å². The molecule has 2 aromatic rings. The molecular weight excluding hydrogens is 363 g/mol. The molecule has 1 N–H and O–H groups in total. The van der Waals surface area contributed by atoms with Crippen molar-refractivity contribution < 1.29 is 27.8 Å². The van der Waals surface area contributed by atoms with Gasteiger partial charge in [0.1, 0.15) is 0 Å². The van der Waals surface area contributed by atoms with Gasteiger partial charge in [0.2, 0.25) is 5.95 Å². The number of aryl methyl sites for hydroxylation is 1. The molecule has 1 fully saturated rings. The highest BCUT2D eigenvalue weighted by Gasteiger charge is 2.33. The van der Waals surface area contributed by atoms with Gasteiger partial charge in [0.05, 0.1) is 18.3 Å². The summed E-state index contributed by atoms with van der Waals surface area (Å²) in [5.74, 6) is -0.855. The second-order valence-electron chi connectivity index (χ2n) is 6.32. The van der Waals surface area contributed by atoms with E-state index in [2.05, 4.69) is 9.97 Å². The fourth-order valence-electron chi connectivity index (χ4n) is 2.98. The summed E-state index contributed by atoms with van der Waals surface area (Å²) in [4.78, 5) is 21.2. The summed E-state index contributed by atoms with van der Waals surface area (Å²) in [6.45, 7) is 2.45. The molecule has 3 rings (SSSR count). The second kappa shape index (κ2) is 7.51. The lowest BCUT2D eigenvalue weighted by Crippen LogP contribution is -2.25. The number of benzene rings is 1. The summed E-state index contributed by atoms with van der Waals surface area (Å²) in [5, 5.41) is 9.11. The van der Waals surface area contributed by atoms with Gasteiger partial charge in [-0.15, -0.1) is 0 Å². The van der Waals surface area contributed by atoms with Crippen LogP contribution in [0, 0.1) is 6.92 Å². The Morgan fingerprint density at radius 3 is 2.78 bits per heavy atom. The minimum atomic E-state index is -4.43. The maximum absolute atomic E-state index is 13.0. The maximum atomic E-state index is 13.0. The molecule has 1 aromatic heterocycles. The van der Waals surface area contributed by atoms with Crippen molar-refractivity contribution >= 4 is 11.9 Å². The highest BCUT2D eigenvalue weighted by Crippen LogP contribution is 2.32. The Morgan fingerprint density at radius 2 is 2.07 bits per heavy atom. The second-order valence-corrected chi connectivity index (χ2v) is 6.32. The predicted octanol–water partition coefficient (Wildman–Crippen LogP) is 3.30. The van der Waals surface area contributed by atoms with E-state index in [0.717, 1.165) is 6.07 Å². The highest BCUT2D eigenvalue weighted by molar-refractivity contribution is 5.85. The molecule has 0 amide bonds. The average Bonchev–Trinajstić information content (AvgIpc) is 3.08. The van der Waals surface area contributed by atoms with E-state index in [0.29, 0.717) is 25.2 Å². The number of hydrogen-bond acceptors (Lipinski definition) is 5. The van der Waals surface area contributed by atoms with E-state index in [9.17, 15) is 18.0 Å². The highest BCUT2D eigenvalue weighted by atomic mass is 19.4. The van der Waals surface area contributed by atoms with Crippen molar-refractivity contribution in [3.63, 3.8) is 0 Å². The van der Waals surface area contributed by atoms with Crippen LogP contribution in [0.4, 0.5) is 19.1 Å². The topological polar surface area (TPSA) is 75.5 Å². The molecule has 6 nitrogen and oxygen atoms in total. The average molecular weight is 381 g/mol. The first-order valence-electron chi connectivity index (χ1n) is 8.34. The summed E-state index contributed by atoms with van der Waals surface area (Å²) in [5.41, 5.74) is -0.182. The van der Waals surface area contributed by atoms with E-state index in [4.69, 9.17) is 9.84 Å². The molecular formula is C18H18F3N3O3. The largest absolute Gasteiger partial charge is 0.477 e. The van der Waals surface area contributed by atoms with E-state index >= 15 is 0 Å². The first kappa shape index (κ1) is 19.1. The predicted molar refractivity (Wildman–Crippen MR) is 90.6 cm³/mol. The standard InChI is InChI=1S/C18H18F3N3O3/c1-11-8-15(16(25)26)23-17(22-11)24-7-6-13(9-24)27-10-12-4-2-3-5-14(12)18(19,20)21/h2-5,8,13H,6-7,9-10H2,1H3,(H,25,26)/t13-/m1/s1. The normalized spacial score (nSPS) is 17.3. The lowest BCUT2D eigenvalue weighted by atomic mass is 10.1. The molecule has 2 heterocycles. The van der Waals surface area contributed by atoms with Gasteiger partial charge in [-0.1, -0.05) is 18.2 Å². The van der Waals surface area contributed by atoms with Gasteiger partial charge in [0.25, 0.3) is 0 Å². The van der Waals surface area contributed by atoms with Crippen molar-refractivity contribution in [1.29, 1.82) is 0 Å². The van der Waals surface area contributed by atoms with Crippen LogP contribution in [0.2, 0.25) is 0 Å². The molecule has 1 aliphatic rings. The molecule has 1 saturated heterocycles. The monoisotopic (exact) mass is 381 g/mol. The van der Waals surface area contributed by atoms with E-state index < -0.39 is 17.7 Å². The number of nitrogens with zero attached hydrogens (tertiary/aromatic N) is 3. The molecule has 1 atom stereocenters. The number of carbonyl (C=O) groups is 1. The van der Waals surface area contributed by atoms with E-state index in [1.54, 1.807) is 17.9 Å². The van der Waals surface area contributed by atoms with E-state index in [1.165, 1.54) is 18.2 Å². The zero-order chi connectivity index (χ0) is 19.6. The van der Waals surface area contributed by atoms with Crippen molar-refractivity contribution in [2.45, 2.75) is 32.2 Å². The lowest BCUT2D eigenvalue weighted by Gasteiger charge is -2.18. The van der Waals surface area contributed by atoms with Crippen LogP contribution in [-0.4, -0.2) is 40.2 Å². The Bertz CT molecular complexity index is 842. The molecule has 0 unspecified atom stereocenters. The summed E-state index contributed by atoms with van der Waals surface area (Å²) in [6, 6.07) is 6.71. The minimum Gasteiger partial charge on any atom is -0.477 e. The van der Waals surface area contributed by atoms with Gasteiger partial charge in [-0.3, -0.25) is 0 Å². The molecule has 1 aliphatic heterocycles. The van der Waals surface area contributed by atoms with E-state index in [1.807, 2.05) is 0 Å². The third-order valence-corrected chi connectivity index (χ3v) is 4.29. The molecule has 0 saturated carbocycles. The number of hydrogen-bond donors (Lipinski definition) is 1. The Hall–Kier alpha value is -2.68. The van der Waals surface area contributed by atoms with Crippen molar-refractivity contribution in [3.8, 4) is 0 Å². The van der Waals surface area contributed by atoms with Gasteiger partial charge in [-0.2, -0.15) is 13.2 Å². The number of carboxylic acids is 1. The molecule has 0 aliphatic carbocycles. The van der Waals surface area contributed by atoms with Crippen LogP contribution in [-0.2, 0) is 17.5 Å². The first-order chi connectivity index (χ1) is 12.7. The molecule has 0 spiro atoms. The van der Waals surface area contributed by atoms with Crippen LogP contribution in [0.25, 0.3) is 0 Å². The Balaban J connectivity index is 1.66. The summed E-state index contributed by atoms with van der Waals surface area (Å²) in [6.07, 6.45) is -4.12. The number of alkyl halides is 3. The van der Waals surface area contributed by atoms with Gasteiger partial charge in [-0.25, -0.2) is 14.8 Å². The van der Waals surface area contributed by atoms with Crippen molar-refractivity contribution in [2.24, 2.45) is 0 Å². The number of rotatable bonds is 5. The zero-order valence-electron chi connectivity index (χ0n) is 14.5. The van der Waals surface area contributed by atoms with Gasteiger partial charge in [0.15, 0.2) is 5.69 Å². The number of halogens is 3. The summed E-state index contributed by atoms with van der Waals surface area (Å²) in [7, 11) is 0. The maximum Gasteiger partial charge on any atom is 0.416 e. The van der Waals surface area contributed by atoms with Gasteiger partial charge < -0.3 is 14.7 Å². The fourth-order valence-corrected chi connectivity index (χ4v) is 2.98. The van der Waals surface area contributed by atoms with Crippen LogP contribution >= 0.6 is 0 Å². The van der Waals surface area contributed by atoms with Crippen LogP contribution in [0.5, 0.6) is 0 Å². The van der Waals surface area contributed by atoms with Gasteiger partial charge >= 0.3 is 12.1 Å². The number of carboxylic acid groups (broad SMARTS) is 1. The Morgan fingerprint density at radius 1 is 1.33 bits per heavy atom. The number of aromatic nitrogens is 2. The van der Waals surface area contributed by atoms with Crippen molar-refractivity contribution in [3.05, 3.63) is 52.8 Å². The SMILES string of the molecule is Cc1cc(C(=O)O)nc(N2CC[C@@H](OCc3ccccc3C(F)(F)F)C2)n1. The van der Waals surface area contributed by atoms with E-state index in [-0.39, 0.29) is 29.9 Å². The fraction of sp³-hybridized carbons (Fsp3) is 0.389. The van der Waals surface area contributed by atoms with Crippen LogP contribution in [0.15, 0.2) is 30.3 Å². The zero-order valence-corrected chi connectivity index (χ0v) is 14.5. The lowest BCUT2D eigenvalue weighted by molar-refractivity contribution is -0.139. The minimum absolute atomic E-state index is 0.0865. The van der Waals surface area contributed by atoms with Gasteiger partial charge in [-0.05, 0) is 31.0 Å². The molecule has 9 heteroatoms.